The summed E-state index contributed by atoms with van der Waals surface area (Å²) in [4.78, 5) is 16.4. The zero-order valence-corrected chi connectivity index (χ0v) is 19.9. The van der Waals surface area contributed by atoms with Gasteiger partial charge in [-0.15, -0.1) is 0 Å². The van der Waals surface area contributed by atoms with Gasteiger partial charge in [0, 0.05) is 43.6 Å². The summed E-state index contributed by atoms with van der Waals surface area (Å²) < 4.78 is 14.9. The molecule has 3 saturated heterocycles. The SMILES string of the molecule is CCN1CC(C(C)CC2C(O)CC(C(C)CC3CCC(F)(C(C)C)N3)N2C)CC1=O. The molecule has 6 heteroatoms. The highest BCUT2D eigenvalue weighted by atomic mass is 19.1. The molecule has 174 valence electrons. The maximum Gasteiger partial charge on any atom is 0.222 e. The number of alkyl halides is 1. The van der Waals surface area contributed by atoms with Crippen LogP contribution in [0.2, 0.25) is 0 Å². The zero-order valence-electron chi connectivity index (χ0n) is 19.9. The molecule has 3 fully saturated rings. The van der Waals surface area contributed by atoms with Crippen LogP contribution in [0, 0.1) is 23.7 Å². The first-order valence-electron chi connectivity index (χ1n) is 12.2. The predicted molar refractivity (Wildman–Crippen MR) is 119 cm³/mol. The Kier molecular flexibility index (Phi) is 7.51. The van der Waals surface area contributed by atoms with E-state index in [1.165, 1.54) is 0 Å². The molecule has 3 aliphatic heterocycles. The van der Waals surface area contributed by atoms with Crippen molar-refractivity contribution in [2.75, 3.05) is 20.1 Å². The number of carbonyl (C=O) groups excluding carboxylic acids is 1. The number of likely N-dealkylation sites (tertiary alicyclic amines) is 2. The molecule has 0 saturated carbocycles. The van der Waals surface area contributed by atoms with Crippen molar-refractivity contribution >= 4 is 5.91 Å². The lowest BCUT2D eigenvalue weighted by Gasteiger charge is -2.33. The van der Waals surface area contributed by atoms with Crippen LogP contribution in [0.5, 0.6) is 0 Å². The van der Waals surface area contributed by atoms with E-state index in [0.717, 1.165) is 38.8 Å². The van der Waals surface area contributed by atoms with Crippen LogP contribution < -0.4 is 5.32 Å². The number of rotatable bonds is 8. The summed E-state index contributed by atoms with van der Waals surface area (Å²) in [5.74, 6) is 0.248. The number of aliphatic hydroxyl groups excluding tert-OH is 1. The Labute approximate surface area is 182 Å². The Bertz CT molecular complexity index is 603. The molecule has 0 aliphatic carbocycles. The fourth-order valence-corrected chi connectivity index (χ4v) is 6.21. The smallest absolute Gasteiger partial charge is 0.222 e. The Hall–Kier alpha value is -0.720. The van der Waals surface area contributed by atoms with Crippen molar-refractivity contribution in [1.82, 2.24) is 15.1 Å². The number of halogens is 1. The number of hydrogen-bond acceptors (Lipinski definition) is 4. The molecular formula is C24H44FN3O2. The van der Waals surface area contributed by atoms with Crippen molar-refractivity contribution in [3.05, 3.63) is 0 Å². The van der Waals surface area contributed by atoms with Gasteiger partial charge in [-0.25, -0.2) is 4.39 Å². The van der Waals surface area contributed by atoms with Crippen molar-refractivity contribution in [2.24, 2.45) is 23.7 Å². The molecule has 3 rings (SSSR count). The number of amides is 1. The Balaban J connectivity index is 1.53. The van der Waals surface area contributed by atoms with Crippen molar-refractivity contribution in [3.8, 4) is 0 Å². The van der Waals surface area contributed by atoms with Gasteiger partial charge in [0.25, 0.3) is 0 Å². The Morgan fingerprint density at radius 3 is 2.50 bits per heavy atom. The van der Waals surface area contributed by atoms with Gasteiger partial charge in [-0.05, 0) is 63.8 Å². The second-order valence-electron chi connectivity index (χ2n) is 10.8. The molecular weight excluding hydrogens is 381 g/mol. The monoisotopic (exact) mass is 425 g/mol. The molecule has 3 aliphatic rings. The van der Waals surface area contributed by atoms with Crippen molar-refractivity contribution < 1.29 is 14.3 Å². The topological polar surface area (TPSA) is 55.8 Å². The number of carbonyl (C=O) groups is 1. The summed E-state index contributed by atoms with van der Waals surface area (Å²) in [6, 6.07) is 0.691. The molecule has 3 heterocycles. The number of aliphatic hydroxyl groups is 1. The number of nitrogens with one attached hydrogen (secondary N) is 1. The molecule has 8 unspecified atom stereocenters. The van der Waals surface area contributed by atoms with Crippen LogP contribution in [0.25, 0.3) is 0 Å². The largest absolute Gasteiger partial charge is 0.391 e. The first-order valence-corrected chi connectivity index (χ1v) is 12.2. The fourth-order valence-electron chi connectivity index (χ4n) is 6.21. The summed E-state index contributed by atoms with van der Waals surface area (Å²) >= 11 is 0. The lowest BCUT2D eigenvalue weighted by molar-refractivity contribution is -0.127. The van der Waals surface area contributed by atoms with Crippen LogP contribution in [0.1, 0.15) is 73.1 Å². The van der Waals surface area contributed by atoms with Gasteiger partial charge < -0.3 is 10.0 Å². The summed E-state index contributed by atoms with van der Waals surface area (Å²) in [6.07, 6.45) is 4.48. The predicted octanol–water partition coefficient (Wildman–Crippen LogP) is 3.41. The third-order valence-corrected chi connectivity index (χ3v) is 8.55. The molecule has 8 atom stereocenters. The van der Waals surface area contributed by atoms with Crippen LogP contribution in [0.15, 0.2) is 0 Å². The molecule has 0 bridgehead atoms. The average Bonchev–Trinajstić information content (AvgIpc) is 3.33. The minimum absolute atomic E-state index is 0.00856. The van der Waals surface area contributed by atoms with Crippen molar-refractivity contribution in [2.45, 2.75) is 103 Å². The number of likely N-dealkylation sites (N-methyl/N-ethyl adjacent to an activating group) is 1. The van der Waals surface area contributed by atoms with E-state index in [4.69, 9.17) is 0 Å². The van der Waals surface area contributed by atoms with Crippen LogP contribution in [-0.4, -0.2) is 71.0 Å². The standard InChI is InChI=1S/C24H44FN3O2/c1-7-28-14-18(12-23(28)30)16(4)11-21-22(29)13-20(27(21)6)17(5)10-19-8-9-24(25,26-19)15(2)3/h15-22,26,29H,7-14H2,1-6H3. The fraction of sp³-hybridized carbons (Fsp3) is 0.958. The summed E-state index contributed by atoms with van der Waals surface area (Å²) in [6.45, 7) is 12.1. The van der Waals surface area contributed by atoms with E-state index < -0.39 is 5.79 Å². The number of nitrogens with zero attached hydrogens (tertiary/aromatic N) is 2. The lowest BCUT2D eigenvalue weighted by Crippen LogP contribution is -2.45. The molecule has 30 heavy (non-hydrogen) atoms. The minimum Gasteiger partial charge on any atom is -0.391 e. The van der Waals surface area contributed by atoms with Crippen LogP contribution in [0.4, 0.5) is 4.39 Å². The summed E-state index contributed by atoms with van der Waals surface area (Å²) in [5.41, 5.74) is 0. The third-order valence-electron chi connectivity index (χ3n) is 8.55. The number of hydrogen-bond donors (Lipinski definition) is 2. The van der Waals surface area contributed by atoms with Gasteiger partial charge in [-0.2, -0.15) is 0 Å². The van der Waals surface area contributed by atoms with Crippen molar-refractivity contribution in [1.29, 1.82) is 0 Å². The Morgan fingerprint density at radius 2 is 1.93 bits per heavy atom. The van der Waals surface area contributed by atoms with E-state index in [1.807, 2.05) is 25.7 Å². The van der Waals surface area contributed by atoms with Gasteiger partial charge in [0.2, 0.25) is 5.91 Å². The van der Waals surface area contributed by atoms with Crippen LogP contribution in [-0.2, 0) is 4.79 Å². The van der Waals surface area contributed by atoms with Crippen LogP contribution in [0.3, 0.4) is 0 Å². The van der Waals surface area contributed by atoms with E-state index in [9.17, 15) is 14.3 Å². The zero-order chi connectivity index (χ0) is 22.2. The second-order valence-corrected chi connectivity index (χ2v) is 10.8. The van der Waals surface area contributed by atoms with Crippen molar-refractivity contribution in [3.63, 3.8) is 0 Å². The summed E-state index contributed by atoms with van der Waals surface area (Å²) in [7, 11) is 2.14. The molecule has 5 nitrogen and oxygen atoms in total. The molecule has 0 spiro atoms. The third kappa shape index (κ3) is 4.86. The second kappa shape index (κ2) is 9.41. The quantitative estimate of drug-likeness (QED) is 0.585. The maximum atomic E-state index is 14.9. The molecule has 0 aromatic heterocycles. The molecule has 0 aromatic carbocycles. The van der Waals surface area contributed by atoms with E-state index in [-0.39, 0.29) is 30.0 Å². The first kappa shape index (κ1) is 23.9. The van der Waals surface area contributed by atoms with Gasteiger partial charge in [0.05, 0.1) is 6.10 Å². The Morgan fingerprint density at radius 1 is 1.23 bits per heavy atom. The molecule has 0 aromatic rings. The minimum atomic E-state index is -1.23. The lowest BCUT2D eigenvalue weighted by atomic mass is 9.86. The van der Waals surface area contributed by atoms with Crippen LogP contribution >= 0.6 is 0 Å². The van der Waals surface area contributed by atoms with Gasteiger partial charge in [0.15, 0.2) is 5.79 Å². The molecule has 0 radical (unpaired) electrons. The van der Waals surface area contributed by atoms with E-state index in [0.29, 0.717) is 36.6 Å². The summed E-state index contributed by atoms with van der Waals surface area (Å²) in [5, 5.41) is 14.1. The van der Waals surface area contributed by atoms with E-state index in [1.54, 1.807) is 0 Å². The highest BCUT2D eigenvalue weighted by Crippen LogP contribution is 2.38. The van der Waals surface area contributed by atoms with Gasteiger partial charge >= 0.3 is 0 Å². The van der Waals surface area contributed by atoms with Gasteiger partial charge in [0.1, 0.15) is 0 Å². The normalized spacial score (nSPS) is 40.0. The van der Waals surface area contributed by atoms with E-state index in [2.05, 4.69) is 31.1 Å². The van der Waals surface area contributed by atoms with Gasteiger partial charge in [-0.3, -0.25) is 15.0 Å². The maximum absolute atomic E-state index is 14.9. The highest BCUT2D eigenvalue weighted by molar-refractivity contribution is 5.78. The molecule has 2 N–H and O–H groups in total. The molecule has 1 amide bonds. The first-order chi connectivity index (χ1) is 14.1. The van der Waals surface area contributed by atoms with Gasteiger partial charge in [-0.1, -0.05) is 27.7 Å². The average molecular weight is 426 g/mol. The van der Waals surface area contributed by atoms with E-state index >= 15 is 0 Å². The highest BCUT2D eigenvalue weighted by Gasteiger charge is 2.45.